The molecule has 4 heteroatoms. The Labute approximate surface area is 156 Å². The molecule has 26 heavy (non-hydrogen) atoms. The number of Topliss-reactive ketones (excluding diaryl/α,β-unsaturated/α-hetero) is 1. The van der Waals surface area contributed by atoms with E-state index in [-0.39, 0.29) is 30.3 Å². The number of esters is 1. The van der Waals surface area contributed by atoms with E-state index in [1.807, 2.05) is 6.92 Å². The van der Waals surface area contributed by atoms with Gasteiger partial charge in [0.25, 0.3) is 0 Å². The maximum Gasteiger partial charge on any atom is 0.308 e. The molecule has 4 nitrogen and oxygen atoms in total. The van der Waals surface area contributed by atoms with Gasteiger partial charge in [-0.15, -0.1) is 0 Å². The lowest BCUT2D eigenvalue weighted by atomic mass is 9.61. The fraction of sp³-hybridized carbons (Fsp3) is 0.727. The lowest BCUT2D eigenvalue weighted by Crippen LogP contribution is -2.39. The van der Waals surface area contributed by atoms with Gasteiger partial charge in [0.1, 0.15) is 11.9 Å². The fourth-order valence-corrected chi connectivity index (χ4v) is 5.18. The average Bonchev–Trinajstić information content (AvgIpc) is 2.59. The number of ether oxygens (including phenoxy) is 1. The summed E-state index contributed by atoms with van der Waals surface area (Å²) in [6.45, 7) is 6.39. The predicted molar refractivity (Wildman–Crippen MR) is 100 cm³/mol. The van der Waals surface area contributed by atoms with E-state index in [9.17, 15) is 14.7 Å². The van der Waals surface area contributed by atoms with Crippen molar-refractivity contribution in [2.45, 2.75) is 71.5 Å². The van der Waals surface area contributed by atoms with E-state index in [0.717, 1.165) is 19.3 Å². The molecular weight excluding hydrogens is 328 g/mol. The molecule has 0 aromatic rings. The third-order valence-electron chi connectivity index (χ3n) is 6.47. The molecule has 1 fully saturated rings. The van der Waals surface area contributed by atoms with Gasteiger partial charge in [0.05, 0.1) is 12.5 Å². The minimum Gasteiger partial charge on any atom is -0.462 e. The molecule has 0 saturated carbocycles. The molecular formula is C22H32O4. The number of hydrogen-bond acceptors (Lipinski definition) is 4. The van der Waals surface area contributed by atoms with Crippen molar-refractivity contribution < 1.29 is 19.4 Å². The molecule has 1 saturated heterocycles. The first kappa shape index (κ1) is 19.3. The molecule has 7 atom stereocenters. The summed E-state index contributed by atoms with van der Waals surface area (Å²) in [6, 6.07) is 0. The first-order valence-corrected chi connectivity index (χ1v) is 10.2. The molecule has 2 aliphatic carbocycles. The van der Waals surface area contributed by atoms with Crippen LogP contribution in [0.3, 0.4) is 0 Å². The van der Waals surface area contributed by atoms with Crippen molar-refractivity contribution >= 4 is 11.8 Å². The molecule has 0 radical (unpaired) electrons. The van der Waals surface area contributed by atoms with Gasteiger partial charge in [0.15, 0.2) is 0 Å². The Kier molecular flexibility index (Phi) is 6.01. The molecule has 0 aromatic carbocycles. The molecule has 0 bridgehead atoms. The summed E-state index contributed by atoms with van der Waals surface area (Å²) in [7, 11) is 0. The van der Waals surface area contributed by atoms with E-state index in [1.165, 1.54) is 5.57 Å². The highest BCUT2D eigenvalue weighted by Gasteiger charge is 2.42. The van der Waals surface area contributed by atoms with Crippen molar-refractivity contribution in [3.05, 3.63) is 23.8 Å². The molecule has 3 aliphatic rings. The minimum atomic E-state index is -0.578. The van der Waals surface area contributed by atoms with Gasteiger partial charge in [-0.3, -0.25) is 9.59 Å². The van der Waals surface area contributed by atoms with Crippen LogP contribution in [0.5, 0.6) is 0 Å². The van der Waals surface area contributed by atoms with Gasteiger partial charge >= 0.3 is 5.97 Å². The number of cyclic esters (lactones) is 1. The van der Waals surface area contributed by atoms with Crippen LogP contribution in [-0.4, -0.2) is 29.1 Å². The van der Waals surface area contributed by atoms with Crippen LogP contribution in [0.4, 0.5) is 0 Å². The van der Waals surface area contributed by atoms with Crippen molar-refractivity contribution in [2.24, 2.45) is 29.6 Å². The second kappa shape index (κ2) is 8.08. The maximum atomic E-state index is 12.7. The zero-order valence-corrected chi connectivity index (χ0v) is 16.2. The average molecular weight is 360 g/mol. The fourth-order valence-electron chi connectivity index (χ4n) is 5.18. The first-order valence-electron chi connectivity index (χ1n) is 10.2. The van der Waals surface area contributed by atoms with Crippen molar-refractivity contribution in [2.75, 3.05) is 0 Å². The molecule has 0 spiro atoms. The lowest BCUT2D eigenvalue weighted by Gasteiger charge is -2.43. The van der Waals surface area contributed by atoms with Gasteiger partial charge in [-0.25, -0.2) is 0 Å². The number of aliphatic hydroxyl groups excluding tert-OH is 1. The number of aliphatic hydroxyl groups is 1. The number of rotatable bonds is 5. The highest BCUT2D eigenvalue weighted by Crippen LogP contribution is 2.47. The Morgan fingerprint density at radius 3 is 2.73 bits per heavy atom. The predicted octanol–water partition coefficient (Wildman–Crippen LogP) is 3.83. The molecule has 0 aromatic heterocycles. The normalized spacial score (nSPS) is 39.8. The molecule has 144 valence electrons. The Balaban J connectivity index is 1.76. The smallest absolute Gasteiger partial charge is 0.308 e. The van der Waals surface area contributed by atoms with E-state index in [0.29, 0.717) is 36.4 Å². The van der Waals surface area contributed by atoms with Gasteiger partial charge in [-0.05, 0) is 48.5 Å². The number of carbonyl (C=O) groups excluding carboxylic acids is 2. The highest BCUT2D eigenvalue weighted by atomic mass is 16.5. The minimum absolute atomic E-state index is 0.104. The van der Waals surface area contributed by atoms with Crippen LogP contribution in [-0.2, 0) is 14.3 Å². The van der Waals surface area contributed by atoms with Crippen LogP contribution in [0.15, 0.2) is 23.8 Å². The molecule has 0 unspecified atom stereocenters. The third-order valence-corrected chi connectivity index (χ3v) is 6.47. The number of allylic oxidation sites excluding steroid dienone is 4. The van der Waals surface area contributed by atoms with Gasteiger partial charge < -0.3 is 9.84 Å². The quantitative estimate of drug-likeness (QED) is 0.757. The number of ketones is 1. The third kappa shape index (κ3) is 4.11. The number of fused-ring (bicyclic) bond motifs is 1. The van der Waals surface area contributed by atoms with E-state index in [4.69, 9.17) is 4.74 Å². The summed E-state index contributed by atoms with van der Waals surface area (Å²) in [5.74, 6) is 1.69. The second-order valence-electron chi connectivity index (χ2n) is 8.50. The largest absolute Gasteiger partial charge is 0.462 e. The summed E-state index contributed by atoms with van der Waals surface area (Å²) in [5.41, 5.74) is 1.32. The monoisotopic (exact) mass is 360 g/mol. The van der Waals surface area contributed by atoms with Crippen LogP contribution in [0.1, 0.15) is 59.3 Å². The molecule has 1 heterocycles. The summed E-state index contributed by atoms with van der Waals surface area (Å²) < 4.78 is 5.43. The van der Waals surface area contributed by atoms with Gasteiger partial charge in [0, 0.05) is 18.8 Å². The number of hydrogen-bond donors (Lipinski definition) is 1. The van der Waals surface area contributed by atoms with E-state index in [1.54, 1.807) is 0 Å². The van der Waals surface area contributed by atoms with Crippen LogP contribution < -0.4 is 0 Å². The van der Waals surface area contributed by atoms with Crippen molar-refractivity contribution in [1.29, 1.82) is 0 Å². The topological polar surface area (TPSA) is 63.6 Å². The Hall–Kier alpha value is -1.42. The first-order chi connectivity index (χ1) is 12.4. The molecule has 1 N–H and O–H groups in total. The molecule has 3 rings (SSSR count). The Morgan fingerprint density at radius 1 is 1.27 bits per heavy atom. The Morgan fingerprint density at radius 2 is 2.04 bits per heavy atom. The summed E-state index contributed by atoms with van der Waals surface area (Å²) >= 11 is 0. The zero-order chi connectivity index (χ0) is 18.8. The van der Waals surface area contributed by atoms with Crippen LogP contribution in [0.25, 0.3) is 0 Å². The zero-order valence-electron chi connectivity index (χ0n) is 16.2. The number of carbonyl (C=O) groups is 2. The SMILES string of the molecule is CCC(=O)[C@H]1C[C@@H](C)C=C2C=C[C@H](C)[C@H](CC[C@@H]3C[C@@H](O)CC(=O)O3)[C@H]21. The second-order valence-corrected chi connectivity index (χ2v) is 8.50. The summed E-state index contributed by atoms with van der Waals surface area (Å²) in [6.07, 6.45) is 9.91. The Bertz CT molecular complexity index is 605. The molecule has 0 amide bonds. The summed E-state index contributed by atoms with van der Waals surface area (Å²) in [4.78, 5) is 24.3. The van der Waals surface area contributed by atoms with E-state index >= 15 is 0 Å². The van der Waals surface area contributed by atoms with Crippen LogP contribution in [0.2, 0.25) is 0 Å². The van der Waals surface area contributed by atoms with Crippen molar-refractivity contribution in [3.63, 3.8) is 0 Å². The van der Waals surface area contributed by atoms with Gasteiger partial charge in [-0.2, -0.15) is 0 Å². The van der Waals surface area contributed by atoms with Gasteiger partial charge in [-0.1, -0.05) is 39.0 Å². The van der Waals surface area contributed by atoms with Crippen molar-refractivity contribution in [3.8, 4) is 0 Å². The molecule has 1 aliphatic heterocycles. The standard InChI is InChI=1S/C22H32O4/c1-4-20(24)19-10-13(2)9-15-6-5-14(3)18(22(15)19)8-7-17-11-16(23)12-21(25)26-17/h5-6,9,13-14,16-19,22-23H,4,7-8,10-12H2,1-3H3/t13-,14-,16+,17+,18-,19+,22-/m0/s1. The lowest BCUT2D eigenvalue weighted by molar-refractivity contribution is -0.160. The summed E-state index contributed by atoms with van der Waals surface area (Å²) in [5, 5.41) is 9.84. The van der Waals surface area contributed by atoms with Crippen LogP contribution in [0, 0.1) is 29.6 Å². The van der Waals surface area contributed by atoms with Gasteiger partial charge in [0.2, 0.25) is 0 Å². The van der Waals surface area contributed by atoms with Crippen molar-refractivity contribution in [1.82, 2.24) is 0 Å². The van der Waals surface area contributed by atoms with E-state index in [2.05, 4.69) is 32.1 Å². The maximum absolute atomic E-state index is 12.7. The highest BCUT2D eigenvalue weighted by molar-refractivity contribution is 5.82. The van der Waals surface area contributed by atoms with E-state index < -0.39 is 6.10 Å². The van der Waals surface area contributed by atoms with Crippen LogP contribution >= 0.6 is 0 Å².